The first kappa shape index (κ1) is 16.7. The topological polar surface area (TPSA) is 61.4 Å². The lowest BCUT2D eigenvalue weighted by Crippen LogP contribution is -2.33. The highest BCUT2D eigenvalue weighted by Gasteiger charge is 2.10. The molecule has 0 unspecified atom stereocenters. The number of amides is 2. The highest BCUT2D eigenvalue weighted by atomic mass is 79.9. The van der Waals surface area contributed by atoms with Crippen molar-refractivity contribution in [3.8, 4) is 0 Å². The fourth-order valence-electron chi connectivity index (χ4n) is 1.59. The molecule has 0 atom stereocenters. The quantitative estimate of drug-likeness (QED) is 0.775. The van der Waals surface area contributed by atoms with Gasteiger partial charge in [0.1, 0.15) is 6.42 Å². The van der Waals surface area contributed by atoms with E-state index in [0.717, 1.165) is 22.3 Å². The molecule has 1 aromatic rings. The summed E-state index contributed by atoms with van der Waals surface area (Å²) in [4.78, 5) is 25.3. The molecule has 0 saturated heterocycles. The fourth-order valence-corrected chi connectivity index (χ4v) is 2.06. The number of benzene rings is 1. The Bertz CT molecular complexity index is 489. The molecule has 1 aromatic carbocycles. The van der Waals surface area contributed by atoms with Crippen molar-refractivity contribution in [1.82, 2.24) is 10.2 Å². The Labute approximate surface area is 127 Å². The second kappa shape index (κ2) is 8.01. The monoisotopic (exact) mass is 341 g/mol. The Morgan fingerprint density at radius 1 is 1.25 bits per heavy atom. The van der Waals surface area contributed by atoms with E-state index >= 15 is 0 Å². The van der Waals surface area contributed by atoms with Crippen LogP contribution >= 0.6 is 15.9 Å². The second-order valence-electron chi connectivity index (χ2n) is 4.84. The summed E-state index contributed by atoms with van der Waals surface area (Å²) in [6.45, 7) is 3.19. The van der Waals surface area contributed by atoms with Crippen molar-refractivity contribution >= 4 is 33.4 Å². The van der Waals surface area contributed by atoms with Crippen molar-refractivity contribution in [2.45, 2.75) is 13.3 Å². The van der Waals surface area contributed by atoms with Crippen LogP contribution in [0.25, 0.3) is 0 Å². The first-order valence-electron chi connectivity index (χ1n) is 6.36. The van der Waals surface area contributed by atoms with Gasteiger partial charge in [-0.05, 0) is 44.8 Å². The van der Waals surface area contributed by atoms with E-state index < -0.39 is 0 Å². The Morgan fingerprint density at radius 2 is 1.95 bits per heavy atom. The number of hydrogen-bond acceptors (Lipinski definition) is 3. The van der Waals surface area contributed by atoms with Crippen molar-refractivity contribution in [3.63, 3.8) is 0 Å². The summed E-state index contributed by atoms with van der Waals surface area (Å²) in [6, 6.07) is 5.56. The first-order chi connectivity index (χ1) is 9.38. The molecule has 0 aliphatic heterocycles. The third kappa shape index (κ3) is 6.16. The number of anilines is 1. The van der Waals surface area contributed by atoms with E-state index in [9.17, 15) is 9.59 Å². The molecule has 6 heteroatoms. The normalized spacial score (nSPS) is 10.4. The van der Waals surface area contributed by atoms with Crippen molar-refractivity contribution in [2.24, 2.45) is 0 Å². The largest absolute Gasteiger partial charge is 0.354 e. The van der Waals surface area contributed by atoms with Crippen molar-refractivity contribution < 1.29 is 9.59 Å². The predicted octanol–water partition coefficient (Wildman–Crippen LogP) is 1.76. The van der Waals surface area contributed by atoms with Gasteiger partial charge in [0.2, 0.25) is 11.8 Å². The molecule has 0 aliphatic rings. The Kier molecular flexibility index (Phi) is 6.67. The summed E-state index contributed by atoms with van der Waals surface area (Å²) < 4.78 is 0.953. The Balaban J connectivity index is 2.41. The van der Waals surface area contributed by atoms with Gasteiger partial charge in [-0.1, -0.05) is 15.9 Å². The summed E-state index contributed by atoms with van der Waals surface area (Å²) in [6.07, 6.45) is -0.164. The summed E-state index contributed by atoms with van der Waals surface area (Å²) in [5.41, 5.74) is 1.67. The highest BCUT2D eigenvalue weighted by Crippen LogP contribution is 2.20. The summed E-state index contributed by atoms with van der Waals surface area (Å²) >= 11 is 3.36. The van der Waals surface area contributed by atoms with Crippen LogP contribution in [0.5, 0.6) is 0 Å². The SMILES string of the molecule is Cc1cc(Br)ccc1NC(=O)CC(=O)NCCN(C)C. The lowest BCUT2D eigenvalue weighted by atomic mass is 10.2. The van der Waals surface area contributed by atoms with E-state index in [-0.39, 0.29) is 18.2 Å². The minimum absolute atomic E-state index is 0.164. The molecule has 2 N–H and O–H groups in total. The van der Waals surface area contributed by atoms with Gasteiger partial charge in [-0.3, -0.25) is 9.59 Å². The molecule has 0 aliphatic carbocycles. The third-order valence-corrected chi connectivity index (χ3v) is 3.16. The fraction of sp³-hybridized carbons (Fsp3) is 0.429. The smallest absolute Gasteiger partial charge is 0.233 e. The lowest BCUT2D eigenvalue weighted by Gasteiger charge is -2.11. The number of hydrogen-bond donors (Lipinski definition) is 2. The molecule has 1 rings (SSSR count). The Hall–Kier alpha value is -1.40. The van der Waals surface area contributed by atoms with E-state index in [1.165, 1.54) is 0 Å². The maximum Gasteiger partial charge on any atom is 0.233 e. The number of halogens is 1. The lowest BCUT2D eigenvalue weighted by molar-refractivity contribution is -0.126. The number of nitrogens with zero attached hydrogens (tertiary/aromatic N) is 1. The van der Waals surface area contributed by atoms with Crippen molar-refractivity contribution in [3.05, 3.63) is 28.2 Å². The molecule has 0 spiro atoms. The van der Waals surface area contributed by atoms with Crippen LogP contribution in [0.2, 0.25) is 0 Å². The van der Waals surface area contributed by atoms with Crippen LogP contribution < -0.4 is 10.6 Å². The average molecular weight is 342 g/mol. The molecule has 20 heavy (non-hydrogen) atoms. The van der Waals surface area contributed by atoms with E-state index in [2.05, 4.69) is 26.6 Å². The number of nitrogens with one attached hydrogen (secondary N) is 2. The van der Waals surface area contributed by atoms with Crippen molar-refractivity contribution in [1.29, 1.82) is 0 Å². The van der Waals surface area contributed by atoms with Crippen molar-refractivity contribution in [2.75, 3.05) is 32.5 Å². The number of carbonyl (C=O) groups is 2. The predicted molar refractivity (Wildman–Crippen MR) is 83.7 cm³/mol. The molecule has 5 nitrogen and oxygen atoms in total. The molecule has 0 aromatic heterocycles. The van der Waals surface area contributed by atoms with E-state index in [1.54, 1.807) is 6.07 Å². The number of rotatable bonds is 6. The standard InChI is InChI=1S/C14H20BrN3O2/c1-10-8-11(15)4-5-12(10)17-14(20)9-13(19)16-6-7-18(2)3/h4-5,8H,6-7,9H2,1-3H3,(H,16,19)(H,17,20). The van der Waals surface area contributed by atoms with Crippen LogP contribution in [0.4, 0.5) is 5.69 Å². The minimum Gasteiger partial charge on any atom is -0.354 e. The van der Waals surface area contributed by atoms with Gasteiger partial charge in [-0.2, -0.15) is 0 Å². The van der Waals surface area contributed by atoms with Crippen LogP contribution in [-0.2, 0) is 9.59 Å². The molecule has 2 amide bonds. The molecule has 0 heterocycles. The summed E-state index contributed by atoms with van der Waals surface area (Å²) in [5.74, 6) is -0.572. The zero-order valence-corrected chi connectivity index (χ0v) is 13.6. The number of carbonyl (C=O) groups excluding carboxylic acids is 2. The maximum absolute atomic E-state index is 11.8. The molecule has 0 fully saturated rings. The second-order valence-corrected chi connectivity index (χ2v) is 5.75. The van der Waals surface area contributed by atoms with Gasteiger partial charge >= 0.3 is 0 Å². The van der Waals surface area contributed by atoms with E-state index in [4.69, 9.17) is 0 Å². The van der Waals surface area contributed by atoms with Gasteiger partial charge in [0.25, 0.3) is 0 Å². The maximum atomic E-state index is 11.8. The minimum atomic E-state index is -0.308. The van der Waals surface area contributed by atoms with Gasteiger partial charge in [0.15, 0.2) is 0 Å². The third-order valence-electron chi connectivity index (χ3n) is 2.66. The first-order valence-corrected chi connectivity index (χ1v) is 7.15. The van der Waals surface area contributed by atoms with Gasteiger partial charge < -0.3 is 15.5 Å². The molecule has 110 valence electrons. The molecule has 0 saturated carbocycles. The van der Waals surface area contributed by atoms with E-state index in [1.807, 2.05) is 38.1 Å². The van der Waals surface area contributed by atoms with Gasteiger partial charge in [0, 0.05) is 23.2 Å². The average Bonchev–Trinajstić information content (AvgIpc) is 2.32. The number of likely N-dealkylation sites (N-methyl/N-ethyl adjacent to an activating group) is 1. The summed E-state index contributed by atoms with van der Waals surface area (Å²) in [5, 5.41) is 5.44. The number of aryl methyl sites for hydroxylation is 1. The summed E-state index contributed by atoms with van der Waals surface area (Å²) in [7, 11) is 3.85. The van der Waals surface area contributed by atoms with Crippen LogP contribution in [0.3, 0.4) is 0 Å². The Morgan fingerprint density at radius 3 is 2.55 bits per heavy atom. The molecular weight excluding hydrogens is 322 g/mol. The van der Waals surface area contributed by atoms with Gasteiger partial charge in [0.05, 0.1) is 0 Å². The van der Waals surface area contributed by atoms with Gasteiger partial charge in [-0.15, -0.1) is 0 Å². The zero-order valence-electron chi connectivity index (χ0n) is 12.0. The molecule has 0 radical (unpaired) electrons. The zero-order chi connectivity index (χ0) is 15.1. The van der Waals surface area contributed by atoms with Crippen LogP contribution in [0.15, 0.2) is 22.7 Å². The van der Waals surface area contributed by atoms with E-state index in [0.29, 0.717) is 6.54 Å². The van der Waals surface area contributed by atoms with Crippen LogP contribution in [0, 0.1) is 6.92 Å². The van der Waals surface area contributed by atoms with Crippen LogP contribution in [0.1, 0.15) is 12.0 Å². The van der Waals surface area contributed by atoms with Crippen LogP contribution in [-0.4, -0.2) is 43.9 Å². The molecule has 0 bridgehead atoms. The van der Waals surface area contributed by atoms with Gasteiger partial charge in [-0.25, -0.2) is 0 Å². The molecular formula is C14H20BrN3O2. The highest BCUT2D eigenvalue weighted by molar-refractivity contribution is 9.10.